The lowest BCUT2D eigenvalue weighted by Crippen LogP contribution is -2.49. The molecule has 1 N–H and O–H groups in total. The van der Waals surface area contributed by atoms with Gasteiger partial charge in [0.15, 0.2) is 0 Å². The Balaban J connectivity index is 1.48. The minimum Gasteiger partial charge on any atom is -0.381 e. The second-order valence-corrected chi connectivity index (χ2v) is 9.61. The standard InChI is InChI=1S/C23H32F3N3O2/c1-15(2)22(7-3-19(12-22)28-18-5-9-31-10-6-18)21(30)29-8-4-20-16(14-29)11-17(13-27-20)23(24,25)26/h11,13,15,18-19,28H,3-10,12,14H2,1-2H3/t19-,22+/m1/s1. The summed E-state index contributed by atoms with van der Waals surface area (Å²) < 4.78 is 44.8. The lowest BCUT2D eigenvalue weighted by atomic mass is 9.74. The Morgan fingerprint density at radius 1 is 1.26 bits per heavy atom. The first-order valence-electron chi connectivity index (χ1n) is 11.4. The summed E-state index contributed by atoms with van der Waals surface area (Å²) >= 11 is 0. The Morgan fingerprint density at radius 2 is 2.00 bits per heavy atom. The van der Waals surface area contributed by atoms with E-state index in [4.69, 9.17) is 4.74 Å². The number of ether oxygens (including phenoxy) is 1. The zero-order chi connectivity index (χ0) is 22.2. The van der Waals surface area contributed by atoms with Gasteiger partial charge < -0.3 is 15.0 Å². The minimum atomic E-state index is -4.43. The third-order valence-corrected chi connectivity index (χ3v) is 7.43. The van der Waals surface area contributed by atoms with Gasteiger partial charge in [-0.15, -0.1) is 0 Å². The Kier molecular flexibility index (Phi) is 6.32. The van der Waals surface area contributed by atoms with E-state index in [1.807, 2.05) is 0 Å². The van der Waals surface area contributed by atoms with Crippen molar-refractivity contribution in [2.75, 3.05) is 19.8 Å². The number of nitrogens with zero attached hydrogens (tertiary/aromatic N) is 2. The van der Waals surface area contributed by atoms with E-state index in [9.17, 15) is 18.0 Å². The Hall–Kier alpha value is -1.67. The number of carbonyl (C=O) groups is 1. The van der Waals surface area contributed by atoms with Crippen molar-refractivity contribution in [2.24, 2.45) is 11.3 Å². The monoisotopic (exact) mass is 439 g/mol. The zero-order valence-corrected chi connectivity index (χ0v) is 18.3. The molecule has 0 spiro atoms. The fraction of sp³-hybridized carbons (Fsp3) is 0.739. The van der Waals surface area contributed by atoms with Crippen LogP contribution in [0.5, 0.6) is 0 Å². The summed E-state index contributed by atoms with van der Waals surface area (Å²) in [5.74, 6) is 0.254. The number of hydrogen-bond acceptors (Lipinski definition) is 4. The number of rotatable bonds is 4. The van der Waals surface area contributed by atoms with Crippen LogP contribution in [0.3, 0.4) is 0 Å². The zero-order valence-electron chi connectivity index (χ0n) is 18.3. The number of nitrogens with one attached hydrogen (secondary N) is 1. The number of carbonyl (C=O) groups excluding carboxylic acids is 1. The predicted octanol–water partition coefficient (Wildman–Crippen LogP) is 3.95. The number of aromatic nitrogens is 1. The SMILES string of the molecule is CC(C)[C@]1(C(=O)N2CCc3ncc(C(F)(F)F)cc3C2)CC[C@@H](NC2CCOCC2)C1. The van der Waals surface area contributed by atoms with Crippen molar-refractivity contribution in [1.82, 2.24) is 15.2 Å². The van der Waals surface area contributed by atoms with Crippen molar-refractivity contribution in [2.45, 2.75) is 77.2 Å². The average Bonchev–Trinajstić information content (AvgIpc) is 3.17. The molecule has 1 amide bonds. The topological polar surface area (TPSA) is 54.5 Å². The summed E-state index contributed by atoms with van der Waals surface area (Å²) in [5, 5.41) is 3.74. The number of amides is 1. The first kappa shape index (κ1) is 22.5. The summed E-state index contributed by atoms with van der Waals surface area (Å²) in [5.41, 5.74) is -0.0277. The summed E-state index contributed by atoms with van der Waals surface area (Å²) in [4.78, 5) is 19.5. The minimum absolute atomic E-state index is 0.0850. The molecule has 0 bridgehead atoms. The molecule has 8 heteroatoms. The first-order chi connectivity index (χ1) is 14.7. The fourth-order valence-corrected chi connectivity index (χ4v) is 5.45. The third-order valence-electron chi connectivity index (χ3n) is 7.43. The van der Waals surface area contributed by atoms with Gasteiger partial charge >= 0.3 is 6.18 Å². The summed E-state index contributed by atoms with van der Waals surface area (Å²) in [6.45, 7) is 6.46. The van der Waals surface area contributed by atoms with E-state index in [1.165, 1.54) is 0 Å². The molecule has 2 fully saturated rings. The molecular formula is C23H32F3N3O2. The van der Waals surface area contributed by atoms with Crippen molar-refractivity contribution in [3.63, 3.8) is 0 Å². The van der Waals surface area contributed by atoms with Crippen LogP contribution in [0, 0.1) is 11.3 Å². The lowest BCUT2D eigenvalue weighted by molar-refractivity contribution is -0.146. The smallest absolute Gasteiger partial charge is 0.381 e. The lowest BCUT2D eigenvalue weighted by Gasteiger charge is -2.39. The number of fused-ring (bicyclic) bond motifs is 1. The van der Waals surface area contributed by atoms with E-state index in [0.29, 0.717) is 36.3 Å². The molecule has 1 saturated carbocycles. The molecular weight excluding hydrogens is 407 g/mol. The summed E-state index contributed by atoms with van der Waals surface area (Å²) in [6, 6.07) is 1.89. The molecule has 172 valence electrons. The van der Waals surface area contributed by atoms with Gasteiger partial charge in [-0.2, -0.15) is 13.2 Å². The quantitative estimate of drug-likeness (QED) is 0.772. The maximum Gasteiger partial charge on any atom is 0.417 e. The van der Waals surface area contributed by atoms with Crippen LogP contribution >= 0.6 is 0 Å². The van der Waals surface area contributed by atoms with Gasteiger partial charge in [-0.05, 0) is 49.7 Å². The number of pyridine rings is 1. The van der Waals surface area contributed by atoms with Gasteiger partial charge in [0.1, 0.15) is 0 Å². The van der Waals surface area contributed by atoms with Crippen LogP contribution in [0.15, 0.2) is 12.3 Å². The molecule has 0 unspecified atom stereocenters. The van der Waals surface area contributed by atoms with Crippen LogP contribution in [0.1, 0.15) is 62.8 Å². The van der Waals surface area contributed by atoms with Gasteiger partial charge in [0.05, 0.1) is 11.0 Å². The average molecular weight is 440 g/mol. The molecule has 5 nitrogen and oxygen atoms in total. The molecule has 4 rings (SSSR count). The summed E-state index contributed by atoms with van der Waals surface area (Å²) in [6.07, 6.45) is 1.51. The molecule has 1 saturated heterocycles. The van der Waals surface area contributed by atoms with Crippen LogP contribution in [-0.2, 0) is 28.7 Å². The molecule has 2 atom stereocenters. The third kappa shape index (κ3) is 4.60. The van der Waals surface area contributed by atoms with Gasteiger partial charge in [-0.1, -0.05) is 13.8 Å². The van der Waals surface area contributed by atoms with Gasteiger partial charge in [-0.3, -0.25) is 9.78 Å². The maximum atomic E-state index is 13.7. The highest BCUT2D eigenvalue weighted by molar-refractivity contribution is 5.83. The van der Waals surface area contributed by atoms with Crippen molar-refractivity contribution >= 4 is 5.91 Å². The molecule has 1 aromatic heterocycles. The second-order valence-electron chi connectivity index (χ2n) is 9.61. The van der Waals surface area contributed by atoms with Gasteiger partial charge in [0.25, 0.3) is 0 Å². The second kappa shape index (κ2) is 8.70. The maximum absolute atomic E-state index is 13.7. The highest BCUT2D eigenvalue weighted by Crippen LogP contribution is 2.46. The highest BCUT2D eigenvalue weighted by atomic mass is 19.4. The number of hydrogen-bond donors (Lipinski definition) is 1. The van der Waals surface area contributed by atoms with Gasteiger partial charge in [0, 0.05) is 56.7 Å². The summed E-state index contributed by atoms with van der Waals surface area (Å²) in [7, 11) is 0. The van der Waals surface area contributed by atoms with Crippen LogP contribution in [-0.4, -0.2) is 47.6 Å². The Morgan fingerprint density at radius 3 is 2.68 bits per heavy atom. The van der Waals surface area contributed by atoms with Gasteiger partial charge in [-0.25, -0.2) is 0 Å². The largest absolute Gasteiger partial charge is 0.417 e. The Labute approximate surface area is 181 Å². The van der Waals surface area contributed by atoms with Crippen molar-refractivity contribution in [1.29, 1.82) is 0 Å². The van der Waals surface area contributed by atoms with Crippen molar-refractivity contribution in [3.05, 3.63) is 29.1 Å². The molecule has 3 aliphatic rings. The first-order valence-corrected chi connectivity index (χ1v) is 11.4. The predicted molar refractivity (Wildman–Crippen MR) is 110 cm³/mol. The molecule has 3 heterocycles. The number of halogens is 3. The molecule has 1 aliphatic carbocycles. The highest BCUT2D eigenvalue weighted by Gasteiger charge is 2.49. The van der Waals surface area contributed by atoms with Crippen molar-refractivity contribution < 1.29 is 22.7 Å². The molecule has 2 aliphatic heterocycles. The Bertz CT molecular complexity index is 808. The van der Waals surface area contributed by atoms with Gasteiger partial charge in [0.2, 0.25) is 5.91 Å². The van der Waals surface area contributed by atoms with Crippen LogP contribution in [0.2, 0.25) is 0 Å². The van der Waals surface area contributed by atoms with Crippen LogP contribution in [0.4, 0.5) is 13.2 Å². The van der Waals surface area contributed by atoms with E-state index < -0.39 is 17.2 Å². The number of alkyl halides is 3. The fourth-order valence-electron chi connectivity index (χ4n) is 5.45. The van der Waals surface area contributed by atoms with E-state index in [0.717, 1.165) is 57.6 Å². The van der Waals surface area contributed by atoms with Crippen LogP contribution < -0.4 is 5.32 Å². The van der Waals surface area contributed by atoms with E-state index >= 15 is 0 Å². The molecule has 0 radical (unpaired) electrons. The van der Waals surface area contributed by atoms with E-state index in [1.54, 1.807) is 4.90 Å². The molecule has 1 aromatic rings. The van der Waals surface area contributed by atoms with Crippen LogP contribution in [0.25, 0.3) is 0 Å². The normalized spacial score (nSPS) is 27.5. The molecule has 0 aromatic carbocycles. The van der Waals surface area contributed by atoms with E-state index in [-0.39, 0.29) is 18.4 Å². The van der Waals surface area contributed by atoms with E-state index in [2.05, 4.69) is 24.1 Å². The molecule has 31 heavy (non-hydrogen) atoms. The van der Waals surface area contributed by atoms with Crippen molar-refractivity contribution in [3.8, 4) is 0 Å².